The molecule has 0 bridgehead atoms. The van der Waals surface area contributed by atoms with Crippen molar-refractivity contribution in [3.63, 3.8) is 0 Å². The van der Waals surface area contributed by atoms with E-state index in [1.807, 2.05) is 0 Å². The Balaban J connectivity index is 1.53. The fourth-order valence-corrected chi connectivity index (χ4v) is 4.34. The standard InChI is InChI=1S/C24H32N2O2/c1-18-14-22(25-6-10-27-11-7-25)5-4-21(18)17-24-19(2)15-23(16-20(24)3)26-8-12-28-13-9-26/h4-5,14-16H,6-13,17H2,1-3H3. The van der Waals surface area contributed by atoms with Gasteiger partial charge in [0.2, 0.25) is 0 Å². The van der Waals surface area contributed by atoms with Crippen LogP contribution in [0.3, 0.4) is 0 Å². The largest absolute Gasteiger partial charge is 0.378 e. The van der Waals surface area contributed by atoms with Crippen molar-refractivity contribution in [1.29, 1.82) is 0 Å². The number of hydrogen-bond acceptors (Lipinski definition) is 4. The van der Waals surface area contributed by atoms with Crippen LogP contribution in [0, 0.1) is 20.8 Å². The Morgan fingerprint density at radius 2 is 1.18 bits per heavy atom. The summed E-state index contributed by atoms with van der Waals surface area (Å²) >= 11 is 0. The fraction of sp³-hybridized carbons (Fsp3) is 0.500. The number of morpholine rings is 2. The fourth-order valence-electron chi connectivity index (χ4n) is 4.34. The first-order valence-corrected chi connectivity index (χ1v) is 10.5. The minimum atomic E-state index is 0.828. The third kappa shape index (κ3) is 4.18. The Hall–Kier alpha value is -2.04. The Labute approximate surface area is 169 Å². The van der Waals surface area contributed by atoms with Crippen molar-refractivity contribution in [2.24, 2.45) is 0 Å². The maximum absolute atomic E-state index is 5.50. The third-order valence-corrected chi connectivity index (χ3v) is 6.13. The number of hydrogen-bond donors (Lipinski definition) is 0. The summed E-state index contributed by atoms with van der Waals surface area (Å²) in [6.45, 7) is 14.0. The minimum absolute atomic E-state index is 0.828. The van der Waals surface area contributed by atoms with Crippen LogP contribution in [0.1, 0.15) is 27.8 Å². The zero-order valence-corrected chi connectivity index (χ0v) is 17.5. The van der Waals surface area contributed by atoms with Gasteiger partial charge < -0.3 is 19.3 Å². The highest BCUT2D eigenvalue weighted by molar-refractivity contribution is 5.57. The Morgan fingerprint density at radius 1 is 0.679 bits per heavy atom. The van der Waals surface area contributed by atoms with Crippen molar-refractivity contribution in [3.8, 4) is 0 Å². The molecule has 0 amide bonds. The Bertz CT molecular complexity index is 798. The van der Waals surface area contributed by atoms with Crippen LogP contribution in [0.15, 0.2) is 30.3 Å². The van der Waals surface area contributed by atoms with Gasteiger partial charge in [0.15, 0.2) is 0 Å². The molecule has 2 saturated heterocycles. The van der Waals surface area contributed by atoms with Crippen LogP contribution in [0.5, 0.6) is 0 Å². The molecule has 150 valence electrons. The first-order chi connectivity index (χ1) is 13.6. The van der Waals surface area contributed by atoms with Gasteiger partial charge in [0.1, 0.15) is 0 Å². The molecule has 4 rings (SSSR count). The summed E-state index contributed by atoms with van der Waals surface area (Å²) in [5, 5.41) is 0. The van der Waals surface area contributed by atoms with Crippen LogP contribution >= 0.6 is 0 Å². The van der Waals surface area contributed by atoms with Crippen molar-refractivity contribution in [3.05, 3.63) is 58.1 Å². The molecule has 2 aliphatic rings. The highest BCUT2D eigenvalue weighted by atomic mass is 16.5. The second-order valence-electron chi connectivity index (χ2n) is 8.04. The summed E-state index contributed by atoms with van der Waals surface area (Å²) in [5.41, 5.74) is 9.68. The summed E-state index contributed by atoms with van der Waals surface area (Å²) in [4.78, 5) is 4.86. The van der Waals surface area contributed by atoms with Gasteiger partial charge in [-0.2, -0.15) is 0 Å². The molecule has 0 atom stereocenters. The van der Waals surface area contributed by atoms with Crippen LogP contribution < -0.4 is 9.80 Å². The van der Waals surface area contributed by atoms with Crippen LogP contribution in [-0.4, -0.2) is 52.6 Å². The van der Waals surface area contributed by atoms with E-state index in [4.69, 9.17) is 9.47 Å². The molecule has 0 aromatic heterocycles. The smallest absolute Gasteiger partial charge is 0.0642 e. The lowest BCUT2D eigenvalue weighted by Gasteiger charge is -2.30. The number of ether oxygens (including phenoxy) is 2. The second-order valence-corrected chi connectivity index (χ2v) is 8.04. The summed E-state index contributed by atoms with van der Waals surface area (Å²) in [5.74, 6) is 0. The highest BCUT2D eigenvalue weighted by Crippen LogP contribution is 2.28. The molecule has 2 aromatic rings. The van der Waals surface area contributed by atoms with Crippen molar-refractivity contribution < 1.29 is 9.47 Å². The molecular formula is C24H32N2O2. The van der Waals surface area contributed by atoms with Crippen molar-refractivity contribution in [1.82, 2.24) is 0 Å². The van der Waals surface area contributed by atoms with Gasteiger partial charge in [-0.15, -0.1) is 0 Å². The van der Waals surface area contributed by atoms with Gasteiger partial charge in [0, 0.05) is 37.6 Å². The Kier molecular flexibility index (Phi) is 5.88. The molecule has 2 aliphatic heterocycles. The average Bonchev–Trinajstić information content (AvgIpc) is 2.73. The van der Waals surface area contributed by atoms with Crippen LogP contribution in [0.25, 0.3) is 0 Å². The van der Waals surface area contributed by atoms with E-state index in [2.05, 4.69) is 60.9 Å². The molecule has 0 spiro atoms. The quantitative estimate of drug-likeness (QED) is 0.804. The van der Waals surface area contributed by atoms with Gasteiger partial charge >= 0.3 is 0 Å². The predicted molar refractivity (Wildman–Crippen MR) is 116 cm³/mol. The topological polar surface area (TPSA) is 24.9 Å². The van der Waals surface area contributed by atoms with Crippen molar-refractivity contribution in [2.75, 3.05) is 62.4 Å². The Morgan fingerprint density at radius 3 is 1.71 bits per heavy atom. The van der Waals surface area contributed by atoms with Crippen LogP contribution in [-0.2, 0) is 15.9 Å². The number of nitrogens with zero attached hydrogens (tertiary/aromatic N) is 2. The molecule has 4 heteroatoms. The van der Waals surface area contributed by atoms with Gasteiger partial charge in [-0.25, -0.2) is 0 Å². The van der Waals surface area contributed by atoms with E-state index in [0.29, 0.717) is 0 Å². The van der Waals surface area contributed by atoms with Crippen LogP contribution in [0.4, 0.5) is 11.4 Å². The van der Waals surface area contributed by atoms with E-state index in [-0.39, 0.29) is 0 Å². The number of benzene rings is 2. The lowest BCUT2D eigenvalue weighted by molar-refractivity contribution is 0.122. The zero-order chi connectivity index (χ0) is 19.5. The van der Waals surface area contributed by atoms with Crippen molar-refractivity contribution >= 4 is 11.4 Å². The van der Waals surface area contributed by atoms with Gasteiger partial charge in [0.25, 0.3) is 0 Å². The molecule has 28 heavy (non-hydrogen) atoms. The molecule has 0 saturated carbocycles. The lowest BCUT2D eigenvalue weighted by atomic mass is 9.93. The molecule has 4 nitrogen and oxygen atoms in total. The zero-order valence-electron chi connectivity index (χ0n) is 17.5. The SMILES string of the molecule is Cc1cc(N2CCOCC2)ccc1Cc1c(C)cc(N2CCOCC2)cc1C. The summed E-state index contributed by atoms with van der Waals surface area (Å²) in [6, 6.07) is 11.6. The second kappa shape index (κ2) is 8.54. The maximum atomic E-state index is 5.50. The van der Waals surface area contributed by atoms with E-state index < -0.39 is 0 Å². The van der Waals surface area contributed by atoms with Gasteiger partial charge in [0.05, 0.1) is 26.4 Å². The normalized spacial score (nSPS) is 17.8. The molecule has 2 aromatic carbocycles. The molecule has 2 heterocycles. The van der Waals surface area contributed by atoms with Gasteiger partial charge in [-0.05, 0) is 79.3 Å². The van der Waals surface area contributed by atoms with E-state index in [1.54, 1.807) is 0 Å². The minimum Gasteiger partial charge on any atom is -0.378 e. The van der Waals surface area contributed by atoms with E-state index in [9.17, 15) is 0 Å². The van der Waals surface area contributed by atoms with Crippen LogP contribution in [0.2, 0.25) is 0 Å². The molecule has 0 radical (unpaired) electrons. The average molecular weight is 381 g/mol. The van der Waals surface area contributed by atoms with E-state index in [1.165, 1.54) is 39.2 Å². The van der Waals surface area contributed by atoms with E-state index in [0.717, 1.165) is 59.0 Å². The monoisotopic (exact) mass is 380 g/mol. The molecule has 0 unspecified atom stereocenters. The van der Waals surface area contributed by atoms with Crippen molar-refractivity contribution in [2.45, 2.75) is 27.2 Å². The first kappa shape index (κ1) is 19.3. The van der Waals surface area contributed by atoms with Gasteiger partial charge in [-0.3, -0.25) is 0 Å². The number of anilines is 2. The lowest BCUT2D eigenvalue weighted by Crippen LogP contribution is -2.36. The summed E-state index contributed by atoms with van der Waals surface area (Å²) < 4.78 is 11.0. The first-order valence-electron chi connectivity index (χ1n) is 10.5. The molecule has 2 fully saturated rings. The summed E-state index contributed by atoms with van der Waals surface area (Å²) in [6.07, 6.45) is 0.996. The predicted octanol–water partition coefficient (Wildman–Crippen LogP) is 3.88. The van der Waals surface area contributed by atoms with E-state index >= 15 is 0 Å². The van der Waals surface area contributed by atoms with Gasteiger partial charge in [-0.1, -0.05) is 6.07 Å². The third-order valence-electron chi connectivity index (χ3n) is 6.13. The maximum Gasteiger partial charge on any atom is 0.0642 e. The number of rotatable bonds is 4. The highest BCUT2D eigenvalue weighted by Gasteiger charge is 2.16. The summed E-state index contributed by atoms with van der Waals surface area (Å²) in [7, 11) is 0. The molecule has 0 N–H and O–H groups in total. The molecule has 0 aliphatic carbocycles. The number of aryl methyl sites for hydroxylation is 3. The molecular weight excluding hydrogens is 348 g/mol.